The molecule has 5 rings (SSSR count). The second-order valence-corrected chi connectivity index (χ2v) is 9.45. The van der Waals surface area contributed by atoms with Crippen molar-refractivity contribution in [3.8, 4) is 5.75 Å². The number of halogens is 3. The summed E-state index contributed by atoms with van der Waals surface area (Å²) >= 11 is 0. The van der Waals surface area contributed by atoms with Crippen molar-refractivity contribution >= 4 is 28.8 Å². The number of nitrogen functional groups attached to an aromatic ring is 1. The molecule has 3 aliphatic rings. The van der Waals surface area contributed by atoms with Crippen LogP contribution >= 0.6 is 0 Å². The van der Waals surface area contributed by atoms with Crippen LogP contribution in [0.5, 0.6) is 5.75 Å². The van der Waals surface area contributed by atoms with Crippen LogP contribution in [0.2, 0.25) is 0 Å². The van der Waals surface area contributed by atoms with E-state index in [-0.39, 0.29) is 24.1 Å². The number of amides is 1. The minimum Gasteiger partial charge on any atom is -0.481 e. The van der Waals surface area contributed by atoms with Crippen molar-refractivity contribution < 1.29 is 27.4 Å². The fourth-order valence-corrected chi connectivity index (χ4v) is 4.82. The van der Waals surface area contributed by atoms with E-state index < -0.39 is 23.9 Å². The van der Waals surface area contributed by atoms with E-state index >= 15 is 0 Å². The zero-order chi connectivity index (χ0) is 25.6. The SMILES string of the molecule is CC1=NC(N[C@H](C)c2cc(N)cc(C(F)(F)F)c2)c2cc3c(cc2N1)OCC(=O)N3C[C@H]1CCOC1. The fourth-order valence-electron chi connectivity index (χ4n) is 4.82. The molecule has 1 fully saturated rings. The van der Waals surface area contributed by atoms with Crippen molar-refractivity contribution in [2.24, 2.45) is 10.9 Å². The van der Waals surface area contributed by atoms with Gasteiger partial charge < -0.3 is 25.4 Å². The molecule has 0 saturated carbocycles. The summed E-state index contributed by atoms with van der Waals surface area (Å²) in [5.41, 5.74) is 7.58. The maximum Gasteiger partial charge on any atom is 0.416 e. The lowest BCUT2D eigenvalue weighted by atomic mass is 10.0. The highest BCUT2D eigenvalue weighted by Gasteiger charge is 2.34. The van der Waals surface area contributed by atoms with Crippen molar-refractivity contribution in [1.82, 2.24) is 5.32 Å². The third-order valence-electron chi connectivity index (χ3n) is 6.68. The van der Waals surface area contributed by atoms with Gasteiger partial charge >= 0.3 is 6.18 Å². The third kappa shape index (κ3) is 4.85. The monoisotopic (exact) mass is 503 g/mol. The van der Waals surface area contributed by atoms with Crippen LogP contribution < -0.4 is 26.0 Å². The lowest BCUT2D eigenvalue weighted by Gasteiger charge is -2.34. The van der Waals surface area contributed by atoms with Crippen molar-refractivity contribution in [3.63, 3.8) is 0 Å². The number of benzene rings is 2. The molecule has 3 atom stereocenters. The lowest BCUT2D eigenvalue weighted by molar-refractivity contribution is -0.137. The van der Waals surface area contributed by atoms with Crippen LogP contribution in [0, 0.1) is 5.92 Å². The number of nitrogens with one attached hydrogen (secondary N) is 2. The van der Waals surface area contributed by atoms with Crippen LogP contribution in [0.3, 0.4) is 0 Å². The average Bonchev–Trinajstić information content (AvgIpc) is 3.32. The first kappa shape index (κ1) is 24.4. The maximum absolute atomic E-state index is 13.3. The highest BCUT2D eigenvalue weighted by molar-refractivity contribution is 6.01. The van der Waals surface area contributed by atoms with Gasteiger partial charge in [-0.05, 0) is 50.1 Å². The van der Waals surface area contributed by atoms with E-state index in [9.17, 15) is 18.0 Å². The van der Waals surface area contributed by atoms with Crippen LogP contribution in [0.1, 0.15) is 49.2 Å². The Hall–Kier alpha value is -3.31. The first-order valence-corrected chi connectivity index (χ1v) is 11.8. The first-order chi connectivity index (χ1) is 17.1. The molecular weight excluding hydrogens is 475 g/mol. The number of ether oxygens (including phenoxy) is 2. The van der Waals surface area contributed by atoms with E-state index in [1.165, 1.54) is 6.07 Å². The van der Waals surface area contributed by atoms with Crippen molar-refractivity contribution in [3.05, 3.63) is 47.0 Å². The molecule has 1 amide bonds. The molecule has 2 aromatic carbocycles. The van der Waals surface area contributed by atoms with Crippen molar-refractivity contribution in [1.29, 1.82) is 0 Å². The number of aliphatic imine (C=N–C) groups is 1. The summed E-state index contributed by atoms with van der Waals surface area (Å²) in [6.45, 7) is 5.35. The highest BCUT2D eigenvalue weighted by Crippen LogP contribution is 2.42. The Bertz CT molecular complexity index is 1210. The number of fused-ring (bicyclic) bond motifs is 2. The number of amidine groups is 1. The molecule has 0 aromatic heterocycles. The van der Waals surface area contributed by atoms with Crippen LogP contribution in [-0.2, 0) is 15.7 Å². The summed E-state index contributed by atoms with van der Waals surface area (Å²) < 4.78 is 51.2. The number of nitrogens with two attached hydrogens (primary N) is 1. The molecule has 192 valence electrons. The van der Waals surface area contributed by atoms with E-state index in [1.807, 2.05) is 12.1 Å². The Kier molecular flexibility index (Phi) is 6.29. The van der Waals surface area contributed by atoms with Crippen LogP contribution in [-0.4, -0.2) is 38.1 Å². The minimum absolute atomic E-state index is 0.0372. The quantitative estimate of drug-likeness (QED) is 0.528. The Morgan fingerprint density at radius 2 is 2.08 bits per heavy atom. The van der Waals surface area contributed by atoms with Gasteiger partial charge in [-0.2, -0.15) is 13.2 Å². The Morgan fingerprint density at radius 3 is 2.81 bits per heavy atom. The molecule has 3 aliphatic heterocycles. The van der Waals surface area contributed by atoms with Crippen LogP contribution in [0.4, 0.5) is 30.2 Å². The highest BCUT2D eigenvalue weighted by atomic mass is 19.4. The summed E-state index contributed by atoms with van der Waals surface area (Å²) in [5, 5.41) is 6.55. The zero-order valence-electron chi connectivity index (χ0n) is 20.0. The van der Waals surface area contributed by atoms with E-state index in [2.05, 4.69) is 15.6 Å². The maximum atomic E-state index is 13.3. The lowest BCUT2D eigenvalue weighted by Crippen LogP contribution is -2.42. The summed E-state index contributed by atoms with van der Waals surface area (Å²) in [5.74, 6) is 1.35. The van der Waals surface area contributed by atoms with Gasteiger partial charge in [0.15, 0.2) is 6.61 Å². The molecule has 0 spiro atoms. The normalized spacial score (nSPS) is 22.3. The predicted molar refractivity (Wildman–Crippen MR) is 130 cm³/mol. The number of carbonyl (C=O) groups excluding carboxylic acids is 1. The van der Waals surface area contributed by atoms with Gasteiger partial charge in [0.05, 0.1) is 23.7 Å². The van der Waals surface area contributed by atoms with Crippen LogP contribution in [0.15, 0.2) is 35.3 Å². The number of rotatable bonds is 5. The minimum atomic E-state index is -4.50. The Labute approximate surface area is 206 Å². The van der Waals surface area contributed by atoms with E-state index in [4.69, 9.17) is 15.2 Å². The van der Waals surface area contributed by atoms with Gasteiger partial charge in [-0.1, -0.05) is 0 Å². The van der Waals surface area contributed by atoms with E-state index in [0.29, 0.717) is 42.6 Å². The molecule has 1 saturated heterocycles. The summed E-state index contributed by atoms with van der Waals surface area (Å²) in [6.07, 6.45) is -4.18. The Morgan fingerprint density at radius 1 is 1.28 bits per heavy atom. The number of nitrogens with zero attached hydrogens (tertiary/aromatic N) is 2. The van der Waals surface area contributed by atoms with Gasteiger partial charge in [-0.3, -0.25) is 10.1 Å². The number of hydrogen-bond acceptors (Lipinski definition) is 7. The average molecular weight is 504 g/mol. The Balaban J connectivity index is 1.46. The molecular formula is C25H28F3N5O3. The van der Waals surface area contributed by atoms with Gasteiger partial charge in [0.1, 0.15) is 11.9 Å². The number of hydrogen-bond donors (Lipinski definition) is 3. The van der Waals surface area contributed by atoms with E-state index in [1.54, 1.807) is 18.7 Å². The predicted octanol–water partition coefficient (Wildman–Crippen LogP) is 4.24. The molecule has 2 aromatic rings. The molecule has 36 heavy (non-hydrogen) atoms. The molecule has 3 heterocycles. The number of anilines is 3. The van der Waals surface area contributed by atoms with Gasteiger partial charge in [0.2, 0.25) is 0 Å². The van der Waals surface area contributed by atoms with Gasteiger partial charge in [-0.15, -0.1) is 0 Å². The topological polar surface area (TPSA) is 101 Å². The molecule has 0 bridgehead atoms. The fraction of sp³-hybridized carbons (Fsp3) is 0.440. The number of alkyl halides is 3. The van der Waals surface area contributed by atoms with Gasteiger partial charge in [0, 0.05) is 48.1 Å². The smallest absolute Gasteiger partial charge is 0.416 e. The van der Waals surface area contributed by atoms with Crippen molar-refractivity contribution in [2.45, 2.75) is 38.7 Å². The first-order valence-electron chi connectivity index (χ1n) is 11.8. The molecule has 8 nitrogen and oxygen atoms in total. The second kappa shape index (κ2) is 9.29. The van der Waals surface area contributed by atoms with Crippen LogP contribution in [0.25, 0.3) is 0 Å². The summed E-state index contributed by atoms with van der Waals surface area (Å²) in [6, 6.07) is 6.75. The second-order valence-electron chi connectivity index (χ2n) is 9.45. The molecule has 11 heteroatoms. The molecule has 1 unspecified atom stereocenters. The third-order valence-corrected chi connectivity index (χ3v) is 6.68. The molecule has 0 aliphatic carbocycles. The zero-order valence-corrected chi connectivity index (χ0v) is 20.0. The van der Waals surface area contributed by atoms with Gasteiger partial charge in [-0.25, -0.2) is 4.99 Å². The van der Waals surface area contributed by atoms with E-state index in [0.717, 1.165) is 29.8 Å². The van der Waals surface area contributed by atoms with Crippen molar-refractivity contribution in [2.75, 3.05) is 42.3 Å². The molecule has 4 N–H and O–H groups in total. The summed E-state index contributed by atoms with van der Waals surface area (Å²) in [4.78, 5) is 19.1. The van der Waals surface area contributed by atoms with Gasteiger partial charge in [0.25, 0.3) is 5.91 Å². The standard InChI is InChI=1S/C25H28F3N5O3/c1-13(16-5-17(25(26,27)28)7-18(29)6-16)30-24-19-8-21-22(9-20(19)31-14(2)32-24)36-12-23(34)33(21)10-15-3-4-35-11-15/h5-9,13,15,24,30H,3-4,10-12,29H2,1-2H3,(H,31,32)/t13-,15-,24?/m1/s1. The molecule has 0 radical (unpaired) electrons. The number of carbonyl (C=O) groups is 1. The summed E-state index contributed by atoms with van der Waals surface area (Å²) in [7, 11) is 0. The largest absolute Gasteiger partial charge is 0.481 e.